The van der Waals surface area contributed by atoms with Crippen LogP contribution >= 0.6 is 0 Å². The number of hydrogen-bond acceptors (Lipinski definition) is 13. The van der Waals surface area contributed by atoms with Crippen molar-refractivity contribution < 1.29 is 51.5 Å². The van der Waals surface area contributed by atoms with Gasteiger partial charge in [-0.05, 0) is 30.3 Å². The van der Waals surface area contributed by atoms with Crippen molar-refractivity contribution >= 4 is 63.2 Å². The first-order valence-corrected chi connectivity index (χ1v) is 14.3. The zero-order valence-corrected chi connectivity index (χ0v) is 19.8. The number of hydrogen-bond donors (Lipinski definition) is 5. The minimum atomic E-state index is -5.09. The Hall–Kier alpha value is -2.72. The summed E-state index contributed by atoms with van der Waals surface area (Å²) in [4.78, 5) is -2.48. The molecule has 2 aromatic carbocycles. The van der Waals surface area contributed by atoms with Gasteiger partial charge in [-0.15, -0.1) is 10.2 Å². The standard InChI is InChI=1S/C14H16N4O12S4/c15-9-6-10(16)13(32(21,22)23)7-12(9)18-17-11-2-1-8(5-14(11)33(24,25)26)31(19,20)4-3-30-34(27,28)29/h1-2,5-7H,3-4,15-16H2,(H,21,22,23)(H,24,25,26)(H,27,28,29)/b18-17+. The molecule has 34 heavy (non-hydrogen) atoms. The van der Waals surface area contributed by atoms with Gasteiger partial charge >= 0.3 is 10.4 Å². The molecule has 0 unspecified atom stereocenters. The lowest BCUT2D eigenvalue weighted by Crippen LogP contribution is -2.16. The molecule has 0 bridgehead atoms. The van der Waals surface area contributed by atoms with Crippen molar-refractivity contribution in [2.24, 2.45) is 10.2 Å². The largest absolute Gasteiger partial charge is 0.398 e. The van der Waals surface area contributed by atoms with Gasteiger partial charge in [0.1, 0.15) is 21.2 Å². The summed E-state index contributed by atoms with van der Waals surface area (Å²) >= 11 is 0. The van der Waals surface area contributed by atoms with Crippen LogP contribution in [0.5, 0.6) is 0 Å². The molecule has 0 aliphatic rings. The third-order valence-electron chi connectivity index (χ3n) is 3.86. The fraction of sp³-hybridized carbons (Fsp3) is 0.143. The molecule has 0 amide bonds. The fourth-order valence-corrected chi connectivity index (χ4v) is 5.22. The third-order valence-corrected chi connectivity index (χ3v) is 7.79. The molecule has 0 saturated heterocycles. The fourth-order valence-electron chi connectivity index (χ4n) is 2.37. The summed E-state index contributed by atoms with van der Waals surface area (Å²) in [6.45, 7) is -0.990. The molecule has 188 valence electrons. The van der Waals surface area contributed by atoms with Crippen LogP contribution in [-0.4, -0.2) is 59.7 Å². The zero-order valence-electron chi connectivity index (χ0n) is 16.5. The number of nitrogens with zero attached hydrogens (tertiary/aromatic N) is 2. The van der Waals surface area contributed by atoms with Gasteiger partial charge in [0.25, 0.3) is 20.2 Å². The van der Waals surface area contributed by atoms with Crippen LogP contribution in [0.3, 0.4) is 0 Å². The van der Waals surface area contributed by atoms with E-state index < -0.39 is 78.9 Å². The molecule has 0 aliphatic carbocycles. The first-order valence-electron chi connectivity index (χ1n) is 8.35. The van der Waals surface area contributed by atoms with E-state index in [1.807, 2.05) is 0 Å². The number of rotatable bonds is 9. The lowest BCUT2D eigenvalue weighted by molar-refractivity contribution is 0.284. The number of benzene rings is 2. The van der Waals surface area contributed by atoms with Gasteiger partial charge in [-0.3, -0.25) is 13.7 Å². The molecular weight excluding hydrogens is 544 g/mol. The van der Waals surface area contributed by atoms with E-state index in [4.69, 9.17) is 16.0 Å². The van der Waals surface area contributed by atoms with Crippen molar-refractivity contribution in [3.05, 3.63) is 30.3 Å². The van der Waals surface area contributed by atoms with Crippen molar-refractivity contribution in [2.45, 2.75) is 14.7 Å². The van der Waals surface area contributed by atoms with E-state index in [-0.39, 0.29) is 11.4 Å². The van der Waals surface area contributed by atoms with E-state index >= 15 is 0 Å². The van der Waals surface area contributed by atoms with Crippen molar-refractivity contribution in [1.82, 2.24) is 0 Å². The number of nitrogen functional groups attached to an aromatic ring is 2. The maximum atomic E-state index is 12.3. The maximum absolute atomic E-state index is 12.3. The Morgan fingerprint density at radius 1 is 0.735 bits per heavy atom. The van der Waals surface area contributed by atoms with E-state index in [9.17, 15) is 42.8 Å². The Labute approximate surface area is 193 Å². The lowest BCUT2D eigenvalue weighted by atomic mass is 10.2. The topological polar surface area (TPSA) is 283 Å². The van der Waals surface area contributed by atoms with Crippen LogP contribution in [0.15, 0.2) is 55.2 Å². The highest BCUT2D eigenvalue weighted by Gasteiger charge is 2.23. The smallest absolute Gasteiger partial charge is 0.397 e. The Kier molecular flexibility index (Phi) is 7.69. The quantitative estimate of drug-likeness (QED) is 0.157. The average molecular weight is 561 g/mol. The second kappa shape index (κ2) is 9.50. The van der Waals surface area contributed by atoms with Gasteiger partial charge in [0.05, 0.1) is 28.6 Å². The first kappa shape index (κ1) is 27.5. The zero-order chi connectivity index (χ0) is 26.1. The molecule has 2 aromatic rings. The van der Waals surface area contributed by atoms with Crippen LogP contribution in [-0.2, 0) is 44.7 Å². The molecular formula is C14H16N4O12S4. The minimum Gasteiger partial charge on any atom is -0.398 e. The SMILES string of the molecule is Nc1cc(N)c(S(=O)(=O)O)cc1/N=N/c1ccc(S(=O)(=O)CCOS(=O)(=O)O)cc1S(=O)(=O)O. The molecule has 7 N–H and O–H groups in total. The van der Waals surface area contributed by atoms with Crippen molar-refractivity contribution in [3.8, 4) is 0 Å². The van der Waals surface area contributed by atoms with Gasteiger partial charge in [-0.25, -0.2) is 12.6 Å². The average Bonchev–Trinajstić information content (AvgIpc) is 2.64. The summed E-state index contributed by atoms with van der Waals surface area (Å²) in [5, 5.41) is 7.09. The van der Waals surface area contributed by atoms with Gasteiger partial charge in [0.15, 0.2) is 9.84 Å². The molecule has 0 fully saturated rings. The summed E-state index contributed by atoms with van der Waals surface area (Å²) in [7, 11) is -19.1. The van der Waals surface area contributed by atoms with Crippen molar-refractivity contribution in [1.29, 1.82) is 0 Å². The summed E-state index contributed by atoms with van der Waals surface area (Å²) in [5.41, 5.74) is 9.51. The molecule has 0 spiro atoms. The van der Waals surface area contributed by atoms with Gasteiger partial charge in [-0.1, -0.05) is 0 Å². The van der Waals surface area contributed by atoms with E-state index in [0.29, 0.717) is 6.07 Å². The monoisotopic (exact) mass is 560 g/mol. The summed E-state index contributed by atoms with van der Waals surface area (Å²) in [6.07, 6.45) is 0. The van der Waals surface area contributed by atoms with E-state index in [0.717, 1.165) is 24.3 Å². The molecule has 0 atom stereocenters. The summed E-state index contributed by atoms with van der Waals surface area (Å²) in [6, 6.07) is 3.85. The lowest BCUT2D eigenvalue weighted by Gasteiger charge is -2.08. The third kappa shape index (κ3) is 7.14. The molecule has 0 heterocycles. The Morgan fingerprint density at radius 3 is 1.82 bits per heavy atom. The number of azo groups is 1. The van der Waals surface area contributed by atoms with Crippen LogP contribution in [0, 0.1) is 0 Å². The molecule has 2 rings (SSSR count). The number of anilines is 2. The van der Waals surface area contributed by atoms with Gasteiger partial charge in [0.2, 0.25) is 0 Å². The van der Waals surface area contributed by atoms with E-state index in [1.54, 1.807) is 0 Å². The van der Waals surface area contributed by atoms with Crippen LogP contribution in [0.2, 0.25) is 0 Å². The van der Waals surface area contributed by atoms with Crippen molar-refractivity contribution in [3.63, 3.8) is 0 Å². The maximum Gasteiger partial charge on any atom is 0.397 e. The van der Waals surface area contributed by atoms with E-state index in [2.05, 4.69) is 14.4 Å². The second-order valence-corrected chi connectivity index (χ2v) is 12.3. The highest BCUT2D eigenvalue weighted by atomic mass is 32.3. The molecule has 0 radical (unpaired) electrons. The highest BCUT2D eigenvalue weighted by molar-refractivity contribution is 7.91. The number of nitrogens with two attached hydrogens (primary N) is 2. The predicted octanol–water partition coefficient (Wildman–Crippen LogP) is 0.353. The van der Waals surface area contributed by atoms with Crippen LogP contribution in [0.25, 0.3) is 0 Å². The van der Waals surface area contributed by atoms with Crippen molar-refractivity contribution in [2.75, 3.05) is 23.8 Å². The first-order chi connectivity index (χ1) is 15.3. The normalized spacial score (nSPS) is 13.4. The Balaban J connectivity index is 2.52. The summed E-state index contributed by atoms with van der Waals surface area (Å²) < 4.78 is 123. The Morgan fingerprint density at radius 2 is 1.29 bits per heavy atom. The minimum absolute atomic E-state index is 0.222. The molecule has 0 aromatic heterocycles. The summed E-state index contributed by atoms with van der Waals surface area (Å²) in [5.74, 6) is -0.987. The number of sulfone groups is 1. The Bertz CT molecular complexity index is 1580. The van der Waals surface area contributed by atoms with Gasteiger partial charge < -0.3 is 11.5 Å². The highest BCUT2D eigenvalue weighted by Crippen LogP contribution is 2.34. The molecule has 20 heteroatoms. The van der Waals surface area contributed by atoms with Gasteiger partial charge in [0, 0.05) is 0 Å². The molecule has 16 nitrogen and oxygen atoms in total. The van der Waals surface area contributed by atoms with E-state index in [1.165, 1.54) is 0 Å². The van der Waals surface area contributed by atoms with Crippen LogP contribution in [0.4, 0.5) is 22.7 Å². The van der Waals surface area contributed by atoms with Crippen LogP contribution in [0.1, 0.15) is 0 Å². The van der Waals surface area contributed by atoms with Crippen LogP contribution < -0.4 is 11.5 Å². The predicted molar refractivity (Wildman–Crippen MR) is 115 cm³/mol. The molecule has 0 saturated carbocycles. The molecule has 0 aliphatic heterocycles. The second-order valence-electron chi connectivity index (χ2n) is 6.30. The van der Waals surface area contributed by atoms with Gasteiger partial charge in [-0.2, -0.15) is 25.3 Å².